The smallest absolute Gasteiger partial charge is 0.169 e. The highest BCUT2D eigenvalue weighted by Gasteiger charge is 1.98. The lowest BCUT2D eigenvalue weighted by Crippen LogP contribution is -2.32. The van der Waals surface area contributed by atoms with Gasteiger partial charge in [-0.2, -0.15) is 0 Å². The van der Waals surface area contributed by atoms with E-state index in [-0.39, 0.29) is 0 Å². The Morgan fingerprint density at radius 3 is 2.29 bits per heavy atom. The maximum atomic E-state index is 2.28. The summed E-state index contributed by atoms with van der Waals surface area (Å²) in [6.07, 6.45) is 11.1. The van der Waals surface area contributed by atoms with Gasteiger partial charge in [0.05, 0.1) is 0 Å². The predicted molar refractivity (Wildman–Crippen MR) is 60.1 cm³/mol. The lowest BCUT2D eigenvalue weighted by Gasteiger charge is -1.98. The molecule has 0 aliphatic heterocycles. The zero-order valence-electron chi connectivity index (χ0n) is 9.50. The van der Waals surface area contributed by atoms with Crippen LogP contribution in [0.1, 0.15) is 44.6 Å². The van der Waals surface area contributed by atoms with E-state index in [4.69, 9.17) is 0 Å². The van der Waals surface area contributed by atoms with Crippen molar-refractivity contribution in [3.8, 4) is 0 Å². The van der Waals surface area contributed by atoms with Gasteiger partial charge in [-0.25, -0.2) is 4.57 Å². The van der Waals surface area contributed by atoms with Crippen molar-refractivity contribution in [2.75, 3.05) is 0 Å². The van der Waals surface area contributed by atoms with Crippen LogP contribution in [0.15, 0.2) is 24.5 Å². The lowest BCUT2D eigenvalue weighted by atomic mass is 10.1. The molecule has 0 aliphatic rings. The summed E-state index contributed by atoms with van der Waals surface area (Å²) < 4.78 is 2.28. The minimum absolute atomic E-state index is 1.17. The van der Waals surface area contributed by atoms with Crippen molar-refractivity contribution in [2.24, 2.45) is 0 Å². The highest BCUT2D eigenvalue weighted by molar-refractivity contribution is 5.03. The van der Waals surface area contributed by atoms with E-state index in [1.54, 1.807) is 0 Å². The molecule has 0 N–H and O–H groups in total. The number of aryl methyl sites for hydroxylation is 2. The summed E-state index contributed by atoms with van der Waals surface area (Å²) in [5, 5.41) is 0. The van der Waals surface area contributed by atoms with Crippen molar-refractivity contribution < 1.29 is 4.57 Å². The minimum Gasteiger partial charge on any atom is -0.205 e. The zero-order valence-corrected chi connectivity index (χ0v) is 9.50. The third-order valence-electron chi connectivity index (χ3n) is 2.58. The molecule has 0 amide bonds. The van der Waals surface area contributed by atoms with Gasteiger partial charge in [-0.15, -0.1) is 0 Å². The molecule has 1 rings (SSSR count). The molecule has 0 saturated heterocycles. The first-order chi connectivity index (χ1) is 6.83. The number of unbranched alkanes of at least 4 members (excludes halogenated alkanes) is 4. The summed E-state index contributed by atoms with van der Waals surface area (Å²) in [7, 11) is 0. The molecule has 1 nitrogen and oxygen atoms in total. The molecule has 1 heterocycles. The van der Waals surface area contributed by atoms with Crippen LogP contribution >= 0.6 is 0 Å². The fraction of sp³-hybridized carbons (Fsp3) is 0.615. The second-order valence-corrected chi connectivity index (χ2v) is 4.03. The summed E-state index contributed by atoms with van der Waals surface area (Å²) in [6, 6.07) is 4.35. The van der Waals surface area contributed by atoms with Crippen LogP contribution in [-0.4, -0.2) is 0 Å². The van der Waals surface area contributed by atoms with E-state index in [0.29, 0.717) is 0 Å². The molecule has 0 saturated carbocycles. The average molecular weight is 192 g/mol. The van der Waals surface area contributed by atoms with Crippen LogP contribution in [-0.2, 0) is 6.54 Å². The van der Waals surface area contributed by atoms with Crippen LogP contribution in [0.25, 0.3) is 0 Å². The summed E-state index contributed by atoms with van der Waals surface area (Å²) in [6.45, 7) is 5.56. The second kappa shape index (κ2) is 6.58. The Balaban J connectivity index is 2.15. The first kappa shape index (κ1) is 11.2. The number of rotatable bonds is 6. The van der Waals surface area contributed by atoms with E-state index >= 15 is 0 Å². The monoisotopic (exact) mass is 192 g/mol. The van der Waals surface area contributed by atoms with E-state index < -0.39 is 0 Å². The average Bonchev–Trinajstić information content (AvgIpc) is 2.21. The largest absolute Gasteiger partial charge is 0.205 e. The van der Waals surface area contributed by atoms with Gasteiger partial charge >= 0.3 is 0 Å². The van der Waals surface area contributed by atoms with E-state index in [1.807, 2.05) is 0 Å². The number of pyridine rings is 1. The molecule has 1 heteroatoms. The van der Waals surface area contributed by atoms with E-state index in [0.717, 1.165) is 0 Å². The standard InChI is InChI=1S/C13H22N/c1-3-4-5-6-7-10-14-11-8-13(2)9-12-14/h8-9,11-12H,3-7,10H2,1-2H3/q+1. The molecule has 14 heavy (non-hydrogen) atoms. The van der Waals surface area contributed by atoms with E-state index in [2.05, 4.69) is 42.9 Å². The van der Waals surface area contributed by atoms with Gasteiger partial charge in [0.2, 0.25) is 0 Å². The summed E-state index contributed by atoms with van der Waals surface area (Å²) in [5.74, 6) is 0. The molecule has 1 aromatic rings. The zero-order chi connectivity index (χ0) is 10.2. The van der Waals surface area contributed by atoms with Crippen LogP contribution in [0.2, 0.25) is 0 Å². The molecular weight excluding hydrogens is 170 g/mol. The quantitative estimate of drug-likeness (QED) is 0.481. The Hall–Kier alpha value is -0.850. The van der Waals surface area contributed by atoms with Crippen molar-refractivity contribution in [1.29, 1.82) is 0 Å². The minimum atomic E-state index is 1.17. The topological polar surface area (TPSA) is 3.88 Å². The summed E-state index contributed by atoms with van der Waals surface area (Å²) in [5.41, 5.74) is 1.34. The maximum absolute atomic E-state index is 2.28. The third kappa shape index (κ3) is 4.40. The molecule has 0 atom stereocenters. The van der Waals surface area contributed by atoms with Gasteiger partial charge in [-0.05, 0) is 18.9 Å². The number of hydrogen-bond donors (Lipinski definition) is 0. The molecule has 0 fully saturated rings. The molecule has 0 bridgehead atoms. The van der Waals surface area contributed by atoms with Gasteiger partial charge < -0.3 is 0 Å². The van der Waals surface area contributed by atoms with Gasteiger partial charge in [0, 0.05) is 18.6 Å². The van der Waals surface area contributed by atoms with Crippen LogP contribution in [0, 0.1) is 6.92 Å². The number of hydrogen-bond acceptors (Lipinski definition) is 0. The van der Waals surface area contributed by atoms with E-state index in [1.165, 1.54) is 44.2 Å². The van der Waals surface area contributed by atoms with Crippen LogP contribution in [0.4, 0.5) is 0 Å². The Bertz CT molecular complexity index is 238. The Morgan fingerprint density at radius 2 is 1.64 bits per heavy atom. The van der Waals surface area contributed by atoms with Crippen LogP contribution in [0.5, 0.6) is 0 Å². The number of nitrogens with zero attached hydrogens (tertiary/aromatic N) is 1. The van der Waals surface area contributed by atoms with Crippen molar-refractivity contribution in [2.45, 2.75) is 52.5 Å². The van der Waals surface area contributed by atoms with Crippen LogP contribution in [0.3, 0.4) is 0 Å². The normalized spacial score (nSPS) is 10.4. The van der Waals surface area contributed by atoms with Crippen LogP contribution < -0.4 is 4.57 Å². The van der Waals surface area contributed by atoms with Gasteiger partial charge in [0.15, 0.2) is 12.4 Å². The SMILES string of the molecule is CCCCCCC[n+]1ccc(C)cc1. The van der Waals surface area contributed by atoms with Crippen molar-refractivity contribution in [3.63, 3.8) is 0 Å². The van der Waals surface area contributed by atoms with Gasteiger partial charge in [-0.3, -0.25) is 0 Å². The third-order valence-corrected chi connectivity index (χ3v) is 2.58. The molecule has 0 aromatic carbocycles. The van der Waals surface area contributed by atoms with Gasteiger partial charge in [-0.1, -0.05) is 26.2 Å². The Morgan fingerprint density at radius 1 is 1.00 bits per heavy atom. The molecule has 1 aromatic heterocycles. The highest BCUT2D eigenvalue weighted by atomic mass is 14.9. The van der Waals surface area contributed by atoms with Gasteiger partial charge in [0.1, 0.15) is 6.54 Å². The fourth-order valence-corrected chi connectivity index (χ4v) is 1.58. The van der Waals surface area contributed by atoms with Crippen molar-refractivity contribution in [3.05, 3.63) is 30.1 Å². The second-order valence-electron chi connectivity index (χ2n) is 4.03. The molecule has 0 aliphatic carbocycles. The maximum Gasteiger partial charge on any atom is 0.169 e. The van der Waals surface area contributed by atoms with Crippen molar-refractivity contribution in [1.82, 2.24) is 0 Å². The first-order valence-electron chi connectivity index (χ1n) is 5.78. The lowest BCUT2D eigenvalue weighted by molar-refractivity contribution is -0.697. The molecule has 0 spiro atoms. The number of aromatic nitrogens is 1. The van der Waals surface area contributed by atoms with E-state index in [9.17, 15) is 0 Å². The van der Waals surface area contributed by atoms with Gasteiger partial charge in [0.25, 0.3) is 0 Å². The summed E-state index contributed by atoms with van der Waals surface area (Å²) >= 11 is 0. The first-order valence-corrected chi connectivity index (χ1v) is 5.78. The molecule has 0 radical (unpaired) electrons. The highest BCUT2D eigenvalue weighted by Crippen LogP contribution is 2.02. The molecular formula is C13H22N+. The van der Waals surface area contributed by atoms with Crippen molar-refractivity contribution >= 4 is 0 Å². The Kier molecular flexibility index (Phi) is 5.28. The Labute approximate surface area is 87.8 Å². The molecule has 78 valence electrons. The summed E-state index contributed by atoms with van der Waals surface area (Å²) in [4.78, 5) is 0. The fourth-order valence-electron chi connectivity index (χ4n) is 1.58. The predicted octanol–water partition coefficient (Wildman–Crippen LogP) is 3.25. The molecule has 0 unspecified atom stereocenters.